The summed E-state index contributed by atoms with van der Waals surface area (Å²) in [7, 11) is 0. The van der Waals surface area contributed by atoms with Gasteiger partial charge in [0.05, 0.1) is 0 Å². The molecule has 0 heterocycles. The summed E-state index contributed by atoms with van der Waals surface area (Å²) >= 11 is 0. The topological polar surface area (TPSA) is 0 Å². The molecule has 2 aliphatic carbocycles. The van der Waals surface area contributed by atoms with Gasteiger partial charge in [-0.3, -0.25) is 0 Å². The van der Waals surface area contributed by atoms with Crippen LogP contribution in [0.5, 0.6) is 0 Å². The van der Waals surface area contributed by atoms with E-state index in [0.717, 1.165) is 23.7 Å². The summed E-state index contributed by atoms with van der Waals surface area (Å²) in [4.78, 5) is 0. The van der Waals surface area contributed by atoms with E-state index in [1.165, 1.54) is 51.4 Å². The van der Waals surface area contributed by atoms with Gasteiger partial charge in [-0.1, -0.05) is 18.2 Å². The van der Waals surface area contributed by atoms with E-state index in [0.29, 0.717) is 0 Å². The first kappa shape index (κ1) is 22.9. The third kappa shape index (κ3) is 7.44. The van der Waals surface area contributed by atoms with Crippen LogP contribution < -0.4 is 0 Å². The second-order valence-electron chi connectivity index (χ2n) is 6.11. The molecule has 2 fully saturated rings. The van der Waals surface area contributed by atoms with E-state index in [1.54, 1.807) is 0 Å². The molecule has 117 valence electrons. The predicted molar refractivity (Wildman–Crippen MR) is 90.5 cm³/mol. The van der Waals surface area contributed by atoms with Gasteiger partial charge in [0.25, 0.3) is 0 Å². The van der Waals surface area contributed by atoms with Crippen LogP contribution >= 0.6 is 0 Å². The van der Waals surface area contributed by atoms with Gasteiger partial charge >= 0.3 is 18.6 Å². The molecule has 2 rings (SSSR count). The van der Waals surface area contributed by atoms with Gasteiger partial charge in [-0.05, 0) is 82.0 Å². The first-order valence-corrected chi connectivity index (χ1v) is 7.87. The fraction of sp³-hybridized carbons (Fsp3) is 0.650. The Morgan fingerprint density at radius 2 is 1.24 bits per heavy atom. The average Bonchev–Trinajstić information content (AvgIpc) is 2.51. The standard InChI is InChI=1S/C17H28.C2H.CH3.V/c1-3-5-15-8-12-17(13-9-15)16-10-6-14(4-2)7-11-16;1-2;;/h3-5,14-17H,2,6-13H2,1H3;1H;1H3;/q;2*-1;+2. The molecule has 0 unspecified atom stereocenters. The Bertz CT molecular complexity index is 286. The van der Waals surface area contributed by atoms with Crippen molar-refractivity contribution in [2.75, 3.05) is 0 Å². The van der Waals surface area contributed by atoms with E-state index in [2.05, 4.69) is 38.2 Å². The minimum absolute atomic E-state index is 0. The van der Waals surface area contributed by atoms with Crippen LogP contribution in [-0.4, -0.2) is 0 Å². The van der Waals surface area contributed by atoms with Crippen LogP contribution in [0.1, 0.15) is 58.3 Å². The van der Waals surface area contributed by atoms with Gasteiger partial charge in [-0.15, -0.1) is 6.58 Å². The molecule has 0 aromatic heterocycles. The summed E-state index contributed by atoms with van der Waals surface area (Å²) in [6, 6.07) is 0. The van der Waals surface area contributed by atoms with Crippen LogP contribution in [0.4, 0.5) is 0 Å². The Labute approximate surface area is 145 Å². The van der Waals surface area contributed by atoms with Crippen molar-refractivity contribution in [2.24, 2.45) is 23.7 Å². The van der Waals surface area contributed by atoms with Crippen molar-refractivity contribution in [1.82, 2.24) is 0 Å². The van der Waals surface area contributed by atoms with E-state index >= 15 is 0 Å². The van der Waals surface area contributed by atoms with E-state index in [4.69, 9.17) is 6.42 Å². The molecule has 1 heteroatoms. The Kier molecular flexibility index (Phi) is 14.5. The van der Waals surface area contributed by atoms with E-state index in [9.17, 15) is 0 Å². The second-order valence-corrected chi connectivity index (χ2v) is 6.11. The molecule has 0 nitrogen and oxygen atoms in total. The van der Waals surface area contributed by atoms with Crippen LogP contribution in [-0.2, 0) is 18.6 Å². The van der Waals surface area contributed by atoms with Crippen LogP contribution in [0.3, 0.4) is 0 Å². The second kappa shape index (κ2) is 13.3. The molecule has 2 saturated carbocycles. The fourth-order valence-corrected chi connectivity index (χ4v) is 3.93. The zero-order chi connectivity index (χ0) is 14.1. The van der Waals surface area contributed by atoms with E-state index in [-0.39, 0.29) is 26.0 Å². The van der Waals surface area contributed by atoms with E-state index in [1.807, 2.05) is 0 Å². The third-order valence-corrected chi connectivity index (χ3v) is 5.10. The van der Waals surface area contributed by atoms with Crippen molar-refractivity contribution < 1.29 is 18.6 Å². The Morgan fingerprint density at radius 3 is 1.57 bits per heavy atom. The molecule has 0 amide bonds. The zero-order valence-electron chi connectivity index (χ0n) is 13.9. The molecule has 0 aromatic carbocycles. The van der Waals surface area contributed by atoms with Crippen molar-refractivity contribution in [3.63, 3.8) is 0 Å². The molecule has 0 bridgehead atoms. The summed E-state index contributed by atoms with van der Waals surface area (Å²) in [5.41, 5.74) is 0. The Morgan fingerprint density at radius 1 is 0.857 bits per heavy atom. The van der Waals surface area contributed by atoms with Gasteiger partial charge in [0.15, 0.2) is 0 Å². The monoisotopic (exact) mass is 323 g/mol. The van der Waals surface area contributed by atoms with Gasteiger partial charge in [-0.2, -0.15) is 0 Å². The van der Waals surface area contributed by atoms with Crippen LogP contribution in [0.25, 0.3) is 0 Å². The summed E-state index contributed by atoms with van der Waals surface area (Å²) in [6.07, 6.45) is 27.4. The number of hydrogen-bond donors (Lipinski definition) is 0. The first-order chi connectivity index (χ1) is 9.33. The Hall–Kier alpha value is -0.376. The SMILES string of the molecule is C=CC1CCC(C2CCC(C=CC)CC2)CC1.[C-]#C.[CH3-].[V+2]. The summed E-state index contributed by atoms with van der Waals surface area (Å²) < 4.78 is 0. The number of hydrogen-bond acceptors (Lipinski definition) is 0. The first-order valence-electron chi connectivity index (χ1n) is 7.87. The minimum atomic E-state index is 0. The van der Waals surface area contributed by atoms with Crippen LogP contribution in [0.15, 0.2) is 24.8 Å². The van der Waals surface area contributed by atoms with Gasteiger partial charge < -0.3 is 20.3 Å². The number of terminal acetylenes is 1. The van der Waals surface area contributed by atoms with Crippen molar-refractivity contribution in [2.45, 2.75) is 58.3 Å². The fourth-order valence-electron chi connectivity index (χ4n) is 3.93. The van der Waals surface area contributed by atoms with Crippen molar-refractivity contribution in [1.29, 1.82) is 0 Å². The van der Waals surface area contributed by atoms with E-state index < -0.39 is 0 Å². The third-order valence-electron chi connectivity index (χ3n) is 5.10. The molecule has 1 radical (unpaired) electrons. The molecule has 0 spiro atoms. The average molecular weight is 323 g/mol. The van der Waals surface area contributed by atoms with Gasteiger partial charge in [-0.25, -0.2) is 0 Å². The van der Waals surface area contributed by atoms with Gasteiger partial charge in [0, 0.05) is 0 Å². The van der Waals surface area contributed by atoms with Crippen molar-refractivity contribution in [3.05, 3.63) is 38.7 Å². The predicted octanol–water partition coefficient (Wildman–Crippen LogP) is 6.02. The summed E-state index contributed by atoms with van der Waals surface area (Å²) in [5, 5.41) is 0. The van der Waals surface area contributed by atoms with Gasteiger partial charge in [0.1, 0.15) is 0 Å². The van der Waals surface area contributed by atoms with Crippen LogP contribution in [0.2, 0.25) is 0 Å². The molecule has 0 saturated heterocycles. The molecule has 0 N–H and O–H groups in total. The molecule has 0 atom stereocenters. The van der Waals surface area contributed by atoms with Crippen LogP contribution in [0, 0.1) is 43.9 Å². The molecular weight excluding hydrogens is 291 g/mol. The summed E-state index contributed by atoms with van der Waals surface area (Å²) in [6.45, 7) is 6.10. The summed E-state index contributed by atoms with van der Waals surface area (Å²) in [5.74, 6) is 3.80. The normalized spacial score (nSPS) is 32.0. The largest absolute Gasteiger partial charge is 2.00 e. The number of allylic oxidation sites excluding steroid dienone is 3. The zero-order valence-corrected chi connectivity index (χ0v) is 15.3. The molecular formula is C20H32V. The molecule has 0 aromatic rings. The minimum Gasteiger partial charge on any atom is -0.697 e. The smallest absolute Gasteiger partial charge is 0.697 e. The van der Waals surface area contributed by atoms with Gasteiger partial charge in [0.2, 0.25) is 0 Å². The maximum atomic E-state index is 5.25. The van der Waals surface area contributed by atoms with Crippen molar-refractivity contribution in [3.8, 4) is 6.42 Å². The molecule has 0 aliphatic heterocycles. The quantitative estimate of drug-likeness (QED) is 0.339. The molecule has 21 heavy (non-hydrogen) atoms. The number of rotatable bonds is 3. The van der Waals surface area contributed by atoms with Crippen molar-refractivity contribution >= 4 is 0 Å². The maximum Gasteiger partial charge on any atom is 2.00 e. The Balaban J connectivity index is 0. The molecule has 2 aliphatic rings. The maximum absolute atomic E-state index is 5.25.